The number of carbonyl (C=O) groups is 1. The molecule has 0 spiro atoms. The first-order valence-corrected chi connectivity index (χ1v) is 23.2. The number of nitrogens with one attached hydrogen (secondary N) is 2. The first-order chi connectivity index (χ1) is 33.7. The summed E-state index contributed by atoms with van der Waals surface area (Å²) in [7, 11) is 0. The Balaban J connectivity index is 1.08. The minimum Gasteiger partial charge on any atom is -0.457 e. The van der Waals surface area contributed by atoms with E-state index in [1.165, 1.54) is 16.7 Å². The Morgan fingerprint density at radius 3 is 1.20 bits per heavy atom. The molecule has 2 N–H and O–H groups in total. The van der Waals surface area contributed by atoms with Gasteiger partial charge in [-0.25, -0.2) is 9.97 Å². The Morgan fingerprint density at radius 2 is 0.797 bits per heavy atom. The molecule has 0 unspecified atom stereocenters. The fourth-order valence-corrected chi connectivity index (χ4v) is 9.08. The van der Waals surface area contributed by atoms with Crippen LogP contribution in [0.5, 0.6) is 17.2 Å². The van der Waals surface area contributed by atoms with Gasteiger partial charge in [0.15, 0.2) is 0 Å². The van der Waals surface area contributed by atoms with Gasteiger partial charge < -0.3 is 19.4 Å². The first-order valence-electron chi connectivity index (χ1n) is 23.2. The number of para-hydroxylation sites is 1. The molecule has 0 saturated carbocycles. The number of fused-ring (bicyclic) bond motifs is 8. The summed E-state index contributed by atoms with van der Waals surface area (Å²) in [5, 5.41) is 0. The molecule has 0 amide bonds. The van der Waals surface area contributed by atoms with E-state index in [4.69, 9.17) is 19.4 Å². The van der Waals surface area contributed by atoms with E-state index < -0.39 is 5.92 Å². The molecule has 334 valence electrons. The van der Waals surface area contributed by atoms with Crippen LogP contribution in [0.4, 0.5) is 0 Å². The van der Waals surface area contributed by atoms with Crippen LogP contribution < -0.4 is 9.47 Å². The van der Waals surface area contributed by atoms with Crippen molar-refractivity contribution in [3.05, 3.63) is 221 Å². The van der Waals surface area contributed by atoms with Crippen LogP contribution in [0.2, 0.25) is 0 Å². The van der Waals surface area contributed by atoms with Crippen molar-refractivity contribution in [3.63, 3.8) is 0 Å². The van der Waals surface area contributed by atoms with Gasteiger partial charge >= 0.3 is 5.97 Å². The average Bonchev–Trinajstić information content (AvgIpc) is 4.23. The summed E-state index contributed by atoms with van der Waals surface area (Å²) in [5.74, 6) is 0.910. The van der Waals surface area contributed by atoms with E-state index in [-0.39, 0.29) is 5.97 Å². The Labute approximate surface area is 401 Å². The number of nitrogens with zero attached hydrogens (tertiary/aromatic N) is 2. The Morgan fingerprint density at radius 1 is 0.420 bits per heavy atom. The standard InChI is InChI=1S/C62H48N4O3/c1-38-13-19-42(20-14-38)58-50-29-31-52(63-50)59(43-21-15-39(2)16-22-43)54-33-35-56(65-54)61(57-36-34-55(66-57)60(53-32-30-51(58)64-53)44-23-17-40(3)18-24-44)45-25-27-48(28-26-45)69-62(67)41(4)46-9-8-12-49(37-46)68-47-10-6-5-7-11-47/h5-37,41,63,66H,1-4H3/t41-/m1/s1. The van der Waals surface area contributed by atoms with Gasteiger partial charge in [0, 0.05) is 44.3 Å². The fourth-order valence-electron chi connectivity index (χ4n) is 9.08. The number of carbonyl (C=O) groups excluding carboxylic acids is 1. The molecule has 5 heterocycles. The molecule has 0 fully saturated rings. The van der Waals surface area contributed by atoms with Crippen LogP contribution in [0, 0.1) is 20.8 Å². The van der Waals surface area contributed by atoms with Crippen LogP contribution in [-0.2, 0) is 4.79 Å². The number of H-pyrrole nitrogens is 2. The van der Waals surface area contributed by atoms with E-state index in [0.29, 0.717) is 11.5 Å². The molecule has 0 radical (unpaired) electrons. The Kier molecular flexibility index (Phi) is 11.2. The molecule has 6 aromatic carbocycles. The molecule has 0 saturated heterocycles. The third-order valence-electron chi connectivity index (χ3n) is 12.8. The van der Waals surface area contributed by atoms with Gasteiger partial charge in [-0.3, -0.25) is 4.79 Å². The highest BCUT2D eigenvalue weighted by Gasteiger charge is 2.21. The lowest BCUT2D eigenvalue weighted by Crippen LogP contribution is -2.16. The molecule has 11 rings (SSSR count). The highest BCUT2D eigenvalue weighted by molar-refractivity contribution is 6.00. The minimum absolute atomic E-state index is 0.369. The lowest BCUT2D eigenvalue weighted by atomic mass is 10.0. The van der Waals surface area contributed by atoms with Gasteiger partial charge in [0.25, 0.3) is 0 Å². The van der Waals surface area contributed by atoms with Crippen molar-refractivity contribution in [2.75, 3.05) is 0 Å². The van der Waals surface area contributed by atoms with E-state index in [1.54, 1.807) is 0 Å². The van der Waals surface area contributed by atoms with Crippen LogP contribution >= 0.6 is 0 Å². The quantitative estimate of drug-likeness (QED) is 0.111. The molecule has 0 aliphatic carbocycles. The second-order valence-electron chi connectivity index (χ2n) is 17.8. The molecule has 69 heavy (non-hydrogen) atoms. The second kappa shape index (κ2) is 18.1. The number of esters is 1. The number of hydrogen-bond donors (Lipinski definition) is 2. The van der Waals surface area contributed by atoms with Gasteiger partial charge in [0.1, 0.15) is 17.2 Å². The number of ether oxygens (including phenoxy) is 2. The summed E-state index contributed by atoms with van der Waals surface area (Å²) in [6.45, 7) is 8.16. The smallest absolute Gasteiger partial charge is 0.318 e. The largest absolute Gasteiger partial charge is 0.457 e. The SMILES string of the molecule is Cc1ccc(-c2c3nc(c(-c4ccc(C)cc4)c4ccc([nH]4)c(-c4ccc(OC(=O)[C@H](C)c5cccc(Oc6ccccc6)c5)cc4)c4nc(c(-c5ccc(C)cc5)c5ccc2[nH]5)C=C4)C=C3)cc1. The maximum absolute atomic E-state index is 13.7. The van der Waals surface area contributed by atoms with Crippen LogP contribution in [0.25, 0.3) is 90.9 Å². The van der Waals surface area contributed by atoms with E-state index in [1.807, 2.05) is 85.8 Å². The number of aromatic amines is 2. The highest BCUT2D eigenvalue weighted by atomic mass is 16.5. The summed E-state index contributed by atoms with van der Waals surface area (Å²) in [4.78, 5) is 32.2. The Bertz CT molecular complexity index is 3600. The number of benzene rings is 6. The maximum atomic E-state index is 13.7. The zero-order valence-corrected chi connectivity index (χ0v) is 38.7. The predicted molar refractivity (Wildman–Crippen MR) is 282 cm³/mol. The first kappa shape index (κ1) is 42.8. The second-order valence-corrected chi connectivity index (χ2v) is 17.8. The lowest BCUT2D eigenvalue weighted by Gasteiger charge is -2.14. The number of hydrogen-bond acceptors (Lipinski definition) is 5. The number of aromatic nitrogens is 4. The summed E-state index contributed by atoms with van der Waals surface area (Å²) < 4.78 is 12.1. The minimum atomic E-state index is -0.537. The van der Waals surface area contributed by atoms with E-state index in [0.717, 1.165) is 101 Å². The van der Waals surface area contributed by atoms with Crippen molar-refractivity contribution in [2.45, 2.75) is 33.6 Å². The summed E-state index contributed by atoms with van der Waals surface area (Å²) in [5.41, 5.74) is 19.3. The van der Waals surface area contributed by atoms with Gasteiger partial charge in [0.2, 0.25) is 0 Å². The van der Waals surface area contributed by atoms with Crippen molar-refractivity contribution in [1.82, 2.24) is 19.9 Å². The van der Waals surface area contributed by atoms with Gasteiger partial charge in [-0.1, -0.05) is 132 Å². The monoisotopic (exact) mass is 896 g/mol. The molecule has 8 bridgehead atoms. The predicted octanol–water partition coefficient (Wildman–Crippen LogP) is 15.8. The zero-order chi connectivity index (χ0) is 47.0. The maximum Gasteiger partial charge on any atom is 0.318 e. The fraction of sp³-hybridized carbons (Fsp3) is 0.0806. The van der Waals surface area contributed by atoms with Gasteiger partial charge in [-0.15, -0.1) is 0 Å². The van der Waals surface area contributed by atoms with Crippen molar-refractivity contribution < 1.29 is 14.3 Å². The van der Waals surface area contributed by atoms with Gasteiger partial charge in [-0.2, -0.15) is 0 Å². The van der Waals surface area contributed by atoms with Crippen LogP contribution in [0.3, 0.4) is 0 Å². The van der Waals surface area contributed by atoms with Crippen LogP contribution in [-0.4, -0.2) is 25.9 Å². The van der Waals surface area contributed by atoms with E-state index in [2.05, 4.69) is 152 Å². The summed E-state index contributed by atoms with van der Waals surface area (Å²) in [6, 6.07) is 59.2. The van der Waals surface area contributed by atoms with Crippen molar-refractivity contribution in [1.29, 1.82) is 0 Å². The zero-order valence-electron chi connectivity index (χ0n) is 38.7. The van der Waals surface area contributed by atoms with Crippen molar-refractivity contribution in [3.8, 4) is 61.8 Å². The highest BCUT2D eigenvalue weighted by Crippen LogP contribution is 2.39. The topological polar surface area (TPSA) is 92.9 Å². The van der Waals surface area contributed by atoms with Crippen molar-refractivity contribution >= 4 is 52.3 Å². The van der Waals surface area contributed by atoms with Gasteiger partial charge in [-0.05, 0) is 140 Å². The third kappa shape index (κ3) is 8.70. The molecule has 1 atom stereocenters. The third-order valence-corrected chi connectivity index (χ3v) is 12.8. The molecular formula is C62H48N4O3. The number of rotatable bonds is 9. The van der Waals surface area contributed by atoms with Crippen LogP contribution in [0.15, 0.2) is 176 Å². The molecule has 2 aliphatic rings. The van der Waals surface area contributed by atoms with E-state index in [9.17, 15) is 4.79 Å². The average molecular weight is 897 g/mol. The molecular weight excluding hydrogens is 849 g/mol. The lowest BCUT2D eigenvalue weighted by molar-refractivity contribution is -0.135. The molecule has 3 aromatic heterocycles. The summed E-state index contributed by atoms with van der Waals surface area (Å²) in [6.07, 6.45) is 8.44. The molecule has 2 aliphatic heterocycles. The summed E-state index contributed by atoms with van der Waals surface area (Å²) >= 11 is 0. The van der Waals surface area contributed by atoms with Gasteiger partial charge in [0.05, 0.1) is 28.7 Å². The normalized spacial score (nSPS) is 12.2. The van der Waals surface area contributed by atoms with Crippen molar-refractivity contribution in [2.24, 2.45) is 0 Å². The number of aryl methyl sites for hydroxylation is 3. The van der Waals surface area contributed by atoms with Crippen LogP contribution in [0.1, 0.15) is 57.9 Å². The molecule has 7 nitrogen and oxygen atoms in total. The molecule has 9 aromatic rings. The van der Waals surface area contributed by atoms with E-state index >= 15 is 0 Å². The Hall–Kier alpha value is -8.81. The molecule has 7 heteroatoms.